The largest absolute Gasteiger partial charge is 2.00 e. The minimum atomic E-state index is 0. The summed E-state index contributed by atoms with van der Waals surface area (Å²) in [6.07, 6.45) is 8.29. The second-order valence-corrected chi connectivity index (χ2v) is 6.15. The smallest absolute Gasteiger partial charge is 0.877 e. The molecule has 1 heterocycles. The maximum absolute atomic E-state index is 11.6. The number of hydrogen-bond donors (Lipinski definition) is 2. The molecular formula is C19H15ClFeN4OS. The van der Waals surface area contributed by atoms with Crippen molar-refractivity contribution in [1.29, 1.82) is 0 Å². The van der Waals surface area contributed by atoms with E-state index in [4.69, 9.17) is 29.7 Å². The molecule has 0 unspecified atom stereocenters. The number of halogens is 1. The van der Waals surface area contributed by atoms with Gasteiger partial charge in [0.2, 0.25) is 4.77 Å². The molecule has 0 spiro atoms. The van der Waals surface area contributed by atoms with Gasteiger partial charge in [-0.25, -0.2) is 21.9 Å². The van der Waals surface area contributed by atoms with Crippen molar-refractivity contribution in [2.75, 3.05) is 5.84 Å². The van der Waals surface area contributed by atoms with Gasteiger partial charge in [-0.15, -0.1) is 6.26 Å². The number of nitrogens with two attached hydrogens (primary N) is 1. The summed E-state index contributed by atoms with van der Waals surface area (Å²) in [4.78, 5) is 0. The Bertz CT molecular complexity index is 1110. The Morgan fingerprint density at radius 2 is 1.89 bits per heavy atom. The van der Waals surface area contributed by atoms with Gasteiger partial charge in [0.25, 0.3) is 0 Å². The Hall–Kier alpha value is -2.44. The average Bonchev–Trinajstić information content (AvgIpc) is 3.41. The molecule has 4 rings (SSSR count). The number of nitrogens with one attached hydrogen (secondary N) is 1. The van der Waals surface area contributed by atoms with Crippen LogP contribution in [0.25, 0.3) is 23.2 Å². The van der Waals surface area contributed by atoms with Gasteiger partial charge in [-0.1, -0.05) is 35.9 Å². The number of hydrogen-bond acceptors (Lipinski definition) is 4. The second kappa shape index (κ2) is 9.48. The number of allylic oxidation sites excluding steroid dienone is 4. The Morgan fingerprint density at radius 3 is 2.37 bits per heavy atom. The van der Waals surface area contributed by atoms with Gasteiger partial charge in [0.1, 0.15) is 0 Å². The number of nitrogens with zero attached hydrogens (tertiary/aromatic N) is 2. The van der Waals surface area contributed by atoms with Crippen LogP contribution in [-0.4, -0.2) is 14.9 Å². The number of H-pyrrole nitrogens is 1. The molecule has 1 aliphatic carbocycles. The number of nitrogen functional groups attached to an aromatic ring is 1. The molecule has 138 valence electrons. The van der Waals surface area contributed by atoms with E-state index >= 15 is 0 Å². The molecule has 0 saturated carbocycles. The Labute approximate surface area is 176 Å². The van der Waals surface area contributed by atoms with Crippen LogP contribution >= 0.6 is 23.8 Å². The number of benzene rings is 1. The number of aromatic nitrogens is 3. The molecule has 0 atom stereocenters. The van der Waals surface area contributed by atoms with Crippen LogP contribution in [0.1, 0.15) is 0 Å². The third-order valence-electron chi connectivity index (χ3n) is 3.76. The fourth-order valence-electron chi connectivity index (χ4n) is 2.56. The monoisotopic (exact) mass is 438 g/mol. The summed E-state index contributed by atoms with van der Waals surface area (Å²) in [6.45, 7) is 0. The Morgan fingerprint density at radius 1 is 1.22 bits per heavy atom. The molecule has 5 nitrogen and oxygen atoms in total. The zero-order chi connectivity index (χ0) is 18.5. The Balaban J connectivity index is 0.000000379. The van der Waals surface area contributed by atoms with E-state index in [1.165, 1.54) is 4.68 Å². The fraction of sp³-hybridized carbons (Fsp3) is 0. The quantitative estimate of drug-likeness (QED) is 0.262. The van der Waals surface area contributed by atoms with Gasteiger partial charge in [-0.05, 0) is 35.1 Å². The standard InChI is InChI=1S/C14H11ClN4OS.C5H5.Fe/c15-11-6-5-9(13-17-18-14(21)19(13)16)10(7-20)12(11)8-3-1-2-4-8;1-2-4-5-3-1;/h1-7,20H,16H2,(H,18,21);1-5H;/q;-1;+2/p-1. The number of rotatable bonds is 1. The molecule has 27 heavy (non-hydrogen) atoms. The van der Waals surface area contributed by atoms with Gasteiger partial charge < -0.3 is 10.9 Å². The normalized spacial score (nSPS) is 12.6. The minimum Gasteiger partial charge on any atom is -0.877 e. The van der Waals surface area contributed by atoms with E-state index in [1.54, 1.807) is 12.1 Å². The minimum absolute atomic E-state index is 0. The first-order valence-electron chi connectivity index (χ1n) is 7.72. The van der Waals surface area contributed by atoms with Crippen molar-refractivity contribution in [1.82, 2.24) is 14.9 Å². The van der Waals surface area contributed by atoms with Crippen molar-refractivity contribution >= 4 is 35.7 Å². The molecule has 1 aliphatic rings. The fourth-order valence-corrected chi connectivity index (χ4v) is 2.97. The van der Waals surface area contributed by atoms with Gasteiger partial charge in [0, 0.05) is 15.8 Å². The summed E-state index contributed by atoms with van der Waals surface area (Å²) < 4.78 is 1.49. The van der Waals surface area contributed by atoms with Gasteiger partial charge in [-0.3, -0.25) is 0 Å². The van der Waals surface area contributed by atoms with Crippen molar-refractivity contribution in [2.24, 2.45) is 0 Å². The van der Waals surface area contributed by atoms with Crippen LogP contribution in [0.5, 0.6) is 0 Å². The van der Waals surface area contributed by atoms with Crippen LogP contribution in [0, 0.1) is 4.77 Å². The first-order chi connectivity index (χ1) is 12.6. The molecule has 0 saturated heterocycles. The van der Waals surface area contributed by atoms with E-state index < -0.39 is 0 Å². The summed E-state index contributed by atoms with van der Waals surface area (Å²) >= 11 is 11.3. The topological polar surface area (TPSA) is 82.7 Å². The number of aromatic amines is 1. The average molecular weight is 439 g/mol. The van der Waals surface area contributed by atoms with Crippen molar-refractivity contribution in [2.45, 2.75) is 0 Å². The summed E-state index contributed by atoms with van der Waals surface area (Å²) in [5.74, 6) is 6.22. The Kier molecular flexibility index (Phi) is 7.33. The van der Waals surface area contributed by atoms with Crippen LogP contribution in [0.2, 0.25) is 5.02 Å². The zero-order valence-electron chi connectivity index (χ0n) is 13.9. The van der Waals surface area contributed by atoms with Crippen molar-refractivity contribution in [3.63, 3.8) is 0 Å². The molecular weight excluding hydrogens is 424 g/mol. The molecule has 1 aromatic heterocycles. The first kappa shape index (κ1) is 20.9. The molecule has 0 amide bonds. The molecule has 3 N–H and O–H groups in total. The summed E-state index contributed by atoms with van der Waals surface area (Å²) in [5.41, 5.74) is 1.43. The SMILES string of the molecule is Nn1c(-c2ccc(Cl)c(=C3C=CC=C3)c2=C[O-])n[nH]c1=S.[Fe+2].c1cc[cH-]c1. The van der Waals surface area contributed by atoms with Gasteiger partial charge in [-0.2, -0.15) is 23.3 Å². The molecule has 0 bridgehead atoms. The maximum atomic E-state index is 11.6. The van der Waals surface area contributed by atoms with E-state index in [1.807, 2.05) is 54.6 Å². The van der Waals surface area contributed by atoms with Crippen LogP contribution < -0.4 is 21.4 Å². The van der Waals surface area contributed by atoms with Crippen molar-refractivity contribution < 1.29 is 22.2 Å². The summed E-state index contributed by atoms with van der Waals surface area (Å²) in [6, 6.07) is 13.4. The molecule has 2 aromatic carbocycles. The van der Waals surface area contributed by atoms with E-state index in [-0.39, 0.29) is 21.8 Å². The van der Waals surface area contributed by atoms with Gasteiger partial charge >= 0.3 is 17.1 Å². The molecule has 0 fully saturated rings. The van der Waals surface area contributed by atoms with Crippen molar-refractivity contribution in [3.05, 3.63) is 87.0 Å². The maximum Gasteiger partial charge on any atom is 2.00 e. The molecule has 3 aromatic rings. The molecule has 0 aliphatic heterocycles. The first-order valence-corrected chi connectivity index (χ1v) is 8.51. The van der Waals surface area contributed by atoms with Crippen molar-refractivity contribution in [3.8, 4) is 11.4 Å². The molecule has 8 heteroatoms. The van der Waals surface area contributed by atoms with E-state index in [0.29, 0.717) is 26.8 Å². The van der Waals surface area contributed by atoms with E-state index in [0.717, 1.165) is 11.8 Å². The second-order valence-electron chi connectivity index (χ2n) is 5.36. The van der Waals surface area contributed by atoms with Crippen LogP contribution in [0.4, 0.5) is 0 Å². The van der Waals surface area contributed by atoms with E-state index in [2.05, 4.69) is 10.2 Å². The zero-order valence-corrected chi connectivity index (χ0v) is 16.6. The van der Waals surface area contributed by atoms with E-state index in [9.17, 15) is 5.11 Å². The van der Waals surface area contributed by atoms with Gasteiger partial charge in [0.15, 0.2) is 5.82 Å². The van der Waals surface area contributed by atoms with Crippen LogP contribution in [0.15, 0.2) is 66.8 Å². The van der Waals surface area contributed by atoms with Crippen LogP contribution in [-0.2, 0) is 17.1 Å². The van der Waals surface area contributed by atoms with Gasteiger partial charge in [0.05, 0.1) is 0 Å². The summed E-state index contributed by atoms with van der Waals surface area (Å²) in [7, 11) is 0. The van der Waals surface area contributed by atoms with Crippen LogP contribution in [0.3, 0.4) is 0 Å². The summed E-state index contributed by atoms with van der Waals surface area (Å²) in [5, 5.41) is 19.8. The third-order valence-corrected chi connectivity index (χ3v) is 4.37. The predicted octanol–water partition coefficient (Wildman–Crippen LogP) is 1.75. The molecule has 0 radical (unpaired) electrons. The predicted molar refractivity (Wildman–Crippen MR) is 105 cm³/mol. The third kappa shape index (κ3) is 4.46.